The Morgan fingerprint density at radius 1 is 1.31 bits per heavy atom. The molecule has 3 nitrogen and oxygen atoms in total. The lowest BCUT2D eigenvalue weighted by molar-refractivity contribution is -0.146. The highest BCUT2D eigenvalue weighted by atomic mass is 19.4. The van der Waals surface area contributed by atoms with Crippen LogP contribution in [0.4, 0.5) is 13.2 Å². The molecule has 2 aliphatic rings. The summed E-state index contributed by atoms with van der Waals surface area (Å²) in [5.74, 6) is -0.240. The zero-order chi connectivity index (χ0) is 11.8. The molecule has 2 N–H and O–H groups in total. The highest BCUT2D eigenvalue weighted by Crippen LogP contribution is 2.44. The van der Waals surface area contributed by atoms with Gasteiger partial charge in [0.25, 0.3) is 0 Å². The topological polar surface area (TPSA) is 41.1 Å². The molecule has 2 saturated heterocycles. The summed E-state index contributed by atoms with van der Waals surface area (Å²) < 4.78 is 37.2. The molecule has 0 bridgehead atoms. The second-order valence-corrected chi connectivity index (χ2v) is 4.73. The summed E-state index contributed by atoms with van der Waals surface area (Å²) in [5.41, 5.74) is -0.474. The predicted octanol–water partition coefficient (Wildman–Crippen LogP) is 1.20. The minimum atomic E-state index is -4.21. The standard InChI is InChI=1S/C10H15F3N2O/c11-10(12,13)5-7-9(6-8(16)15-7)1-3-14-4-2-9/h7,14H,1-6H2,(H,15,16). The molecule has 1 atom stereocenters. The summed E-state index contributed by atoms with van der Waals surface area (Å²) in [5, 5.41) is 5.60. The van der Waals surface area contributed by atoms with Crippen LogP contribution in [0.2, 0.25) is 0 Å². The van der Waals surface area contributed by atoms with E-state index in [4.69, 9.17) is 0 Å². The zero-order valence-electron chi connectivity index (χ0n) is 8.86. The number of hydrogen-bond acceptors (Lipinski definition) is 2. The second-order valence-electron chi connectivity index (χ2n) is 4.73. The van der Waals surface area contributed by atoms with Gasteiger partial charge in [0.2, 0.25) is 5.91 Å². The van der Waals surface area contributed by atoms with Gasteiger partial charge in [0.05, 0.1) is 6.42 Å². The second kappa shape index (κ2) is 3.91. The van der Waals surface area contributed by atoms with Gasteiger partial charge in [0.15, 0.2) is 0 Å². The molecule has 92 valence electrons. The molecule has 0 saturated carbocycles. The van der Waals surface area contributed by atoms with E-state index in [9.17, 15) is 18.0 Å². The third kappa shape index (κ3) is 2.31. The van der Waals surface area contributed by atoms with E-state index in [2.05, 4.69) is 10.6 Å². The van der Waals surface area contributed by atoms with E-state index in [-0.39, 0.29) is 12.3 Å². The first-order valence-corrected chi connectivity index (χ1v) is 5.48. The Hall–Kier alpha value is -0.780. The lowest BCUT2D eigenvalue weighted by atomic mass is 9.72. The molecule has 1 unspecified atom stereocenters. The van der Waals surface area contributed by atoms with Crippen molar-refractivity contribution in [2.24, 2.45) is 5.41 Å². The van der Waals surface area contributed by atoms with Crippen molar-refractivity contribution in [2.75, 3.05) is 13.1 Å². The van der Waals surface area contributed by atoms with E-state index in [1.165, 1.54) is 0 Å². The lowest BCUT2D eigenvalue weighted by Gasteiger charge is -2.38. The van der Waals surface area contributed by atoms with Crippen molar-refractivity contribution in [3.05, 3.63) is 0 Å². The van der Waals surface area contributed by atoms with Gasteiger partial charge in [-0.25, -0.2) is 0 Å². The summed E-state index contributed by atoms with van der Waals surface area (Å²) in [6, 6.07) is -0.734. The maximum atomic E-state index is 12.4. The summed E-state index contributed by atoms with van der Waals surface area (Å²) in [6.45, 7) is 1.40. The molecular weight excluding hydrogens is 221 g/mol. The molecule has 1 amide bonds. The minimum Gasteiger partial charge on any atom is -0.352 e. The molecule has 0 aromatic heterocycles. The Bertz CT molecular complexity index is 284. The fraction of sp³-hybridized carbons (Fsp3) is 0.900. The predicted molar refractivity (Wildman–Crippen MR) is 51.8 cm³/mol. The van der Waals surface area contributed by atoms with Crippen LogP contribution in [0.15, 0.2) is 0 Å². The van der Waals surface area contributed by atoms with Gasteiger partial charge in [-0.15, -0.1) is 0 Å². The molecule has 0 aliphatic carbocycles. The Kier molecular flexibility index (Phi) is 2.86. The van der Waals surface area contributed by atoms with Gasteiger partial charge >= 0.3 is 6.18 Å². The van der Waals surface area contributed by atoms with E-state index in [1.54, 1.807) is 0 Å². The van der Waals surface area contributed by atoms with Gasteiger partial charge in [-0.05, 0) is 25.9 Å². The van der Waals surface area contributed by atoms with Crippen LogP contribution < -0.4 is 10.6 Å². The quantitative estimate of drug-likeness (QED) is 0.718. The fourth-order valence-corrected chi connectivity index (χ4v) is 2.79. The molecule has 16 heavy (non-hydrogen) atoms. The van der Waals surface area contributed by atoms with Crippen molar-refractivity contribution in [3.63, 3.8) is 0 Å². The summed E-state index contributed by atoms with van der Waals surface area (Å²) >= 11 is 0. The van der Waals surface area contributed by atoms with E-state index in [0.717, 1.165) is 0 Å². The monoisotopic (exact) mass is 236 g/mol. The van der Waals surface area contributed by atoms with Gasteiger partial charge < -0.3 is 10.6 Å². The van der Waals surface area contributed by atoms with E-state index in [1.807, 2.05) is 0 Å². The molecule has 2 rings (SSSR count). The number of carbonyl (C=O) groups excluding carboxylic acids is 1. The van der Waals surface area contributed by atoms with Gasteiger partial charge in [0, 0.05) is 17.9 Å². The van der Waals surface area contributed by atoms with Crippen LogP contribution in [-0.2, 0) is 4.79 Å². The van der Waals surface area contributed by atoms with Crippen LogP contribution in [0.3, 0.4) is 0 Å². The highest BCUT2D eigenvalue weighted by Gasteiger charge is 2.50. The third-order valence-corrected chi connectivity index (χ3v) is 3.62. The van der Waals surface area contributed by atoms with Crippen molar-refractivity contribution < 1.29 is 18.0 Å². The van der Waals surface area contributed by atoms with E-state index < -0.39 is 24.1 Å². The van der Waals surface area contributed by atoms with E-state index in [0.29, 0.717) is 25.9 Å². The number of rotatable bonds is 1. The summed E-state index contributed by atoms with van der Waals surface area (Å²) in [7, 11) is 0. The molecule has 0 aromatic rings. The van der Waals surface area contributed by atoms with Crippen molar-refractivity contribution >= 4 is 5.91 Å². The number of alkyl halides is 3. The molecule has 2 fully saturated rings. The third-order valence-electron chi connectivity index (χ3n) is 3.62. The van der Waals surface area contributed by atoms with E-state index >= 15 is 0 Å². The highest BCUT2D eigenvalue weighted by molar-refractivity contribution is 5.80. The van der Waals surface area contributed by atoms with Gasteiger partial charge in [-0.1, -0.05) is 0 Å². The van der Waals surface area contributed by atoms with Crippen molar-refractivity contribution in [1.29, 1.82) is 0 Å². The van der Waals surface area contributed by atoms with Gasteiger partial charge in [-0.3, -0.25) is 4.79 Å². The van der Waals surface area contributed by atoms with Gasteiger partial charge in [0.1, 0.15) is 0 Å². The Labute approximate surface area is 91.8 Å². The smallest absolute Gasteiger partial charge is 0.352 e. The lowest BCUT2D eigenvalue weighted by Crippen LogP contribution is -2.46. The first-order valence-electron chi connectivity index (χ1n) is 5.48. The number of halogens is 3. The molecule has 6 heteroatoms. The normalized spacial score (nSPS) is 29.4. The number of nitrogens with one attached hydrogen (secondary N) is 2. The minimum absolute atomic E-state index is 0.240. The Morgan fingerprint density at radius 3 is 2.50 bits per heavy atom. The summed E-state index contributed by atoms with van der Waals surface area (Å²) in [4.78, 5) is 11.3. The number of carbonyl (C=O) groups is 1. The van der Waals surface area contributed by atoms with Crippen molar-refractivity contribution in [1.82, 2.24) is 10.6 Å². The Balaban J connectivity index is 2.12. The van der Waals surface area contributed by atoms with Gasteiger partial charge in [-0.2, -0.15) is 13.2 Å². The largest absolute Gasteiger partial charge is 0.391 e. The fourth-order valence-electron chi connectivity index (χ4n) is 2.79. The number of hydrogen-bond donors (Lipinski definition) is 2. The van der Waals surface area contributed by atoms with Crippen LogP contribution in [0.25, 0.3) is 0 Å². The van der Waals surface area contributed by atoms with Crippen LogP contribution in [0.5, 0.6) is 0 Å². The maximum Gasteiger partial charge on any atom is 0.391 e. The maximum absolute atomic E-state index is 12.4. The van der Waals surface area contributed by atoms with Crippen molar-refractivity contribution in [2.45, 2.75) is 37.9 Å². The zero-order valence-corrected chi connectivity index (χ0v) is 8.86. The van der Waals surface area contributed by atoms with Crippen molar-refractivity contribution in [3.8, 4) is 0 Å². The SMILES string of the molecule is O=C1CC2(CCNCC2)C(CC(F)(F)F)N1. The van der Waals surface area contributed by atoms with Crippen LogP contribution >= 0.6 is 0 Å². The first-order chi connectivity index (χ1) is 7.41. The molecule has 0 radical (unpaired) electrons. The summed E-state index contributed by atoms with van der Waals surface area (Å²) in [6.07, 6.45) is -3.58. The van der Waals surface area contributed by atoms with Crippen LogP contribution in [0.1, 0.15) is 25.7 Å². The average Bonchev–Trinajstić information content (AvgIpc) is 2.41. The number of piperidine rings is 1. The van der Waals surface area contributed by atoms with Crippen LogP contribution in [0, 0.1) is 5.41 Å². The van der Waals surface area contributed by atoms with Crippen LogP contribution in [-0.4, -0.2) is 31.2 Å². The Morgan fingerprint density at radius 2 is 1.94 bits per heavy atom. The molecule has 2 aliphatic heterocycles. The average molecular weight is 236 g/mol. The first kappa shape index (κ1) is 11.7. The molecule has 0 aromatic carbocycles. The number of amides is 1. The molecular formula is C10H15F3N2O. The molecule has 1 spiro atoms. The molecule has 2 heterocycles.